The molecule has 0 saturated heterocycles. The van der Waals surface area contributed by atoms with Crippen LogP contribution in [0, 0.1) is 48.7 Å². The lowest BCUT2D eigenvalue weighted by Gasteiger charge is -2.45. The highest BCUT2D eigenvalue weighted by molar-refractivity contribution is 5.87. The van der Waals surface area contributed by atoms with Crippen LogP contribution in [-0.4, -0.2) is 223 Å². The van der Waals surface area contributed by atoms with Crippen molar-refractivity contribution in [3.63, 3.8) is 0 Å². The van der Waals surface area contributed by atoms with E-state index in [2.05, 4.69) is 0 Å². The second-order valence-electron chi connectivity index (χ2n) is 25.5. The fraction of sp³-hybridized carbons (Fsp3) is 0.714. The van der Waals surface area contributed by atoms with Gasteiger partial charge >= 0.3 is 95.5 Å². The van der Waals surface area contributed by atoms with E-state index in [1.165, 1.54) is 111 Å². The second-order valence-corrected chi connectivity index (χ2v) is 25.5. The lowest BCUT2D eigenvalue weighted by molar-refractivity contribution is -0.181. The highest BCUT2D eigenvalue weighted by Gasteiger charge is 2.58. The van der Waals surface area contributed by atoms with E-state index in [-0.39, 0.29) is 64.2 Å². The summed E-state index contributed by atoms with van der Waals surface area (Å²) in [6.45, 7) is 20.3. The van der Waals surface area contributed by atoms with Gasteiger partial charge in [-0.2, -0.15) is 0 Å². The minimum Gasteiger partial charge on any atom is -0.481 e. The molecule has 0 radical (unpaired) electrons. The SMILES string of the molecule is CC(C)(C(=O)O)C(CCO)(CC(O)(CCO)CCO)C(=O)O.CC(C)(CC(=O)O)C(=O)O.CC(C)(CC(=O)O)C(=O)O.CC(C)(CC(=O)O)C(=O)O.CC(C)(CC(=O)O)C(=O)O.CC(C)(CC(=O)O)C(=O)O.CC(C)(CC(=O)O)C(=O)O.CC(C)(CC(=O)O)C(=O)O. The Morgan fingerprint density at radius 2 is 0.370 bits per heavy atom. The molecule has 0 aliphatic heterocycles. The summed E-state index contributed by atoms with van der Waals surface area (Å²) in [5.74, 6) is -18.1. The van der Waals surface area contributed by atoms with Gasteiger partial charge in [-0.05, 0) is 136 Å². The Morgan fingerprint density at radius 3 is 0.446 bits per heavy atom. The van der Waals surface area contributed by atoms with Crippen molar-refractivity contribution in [1.29, 1.82) is 0 Å². The maximum atomic E-state index is 11.8. The van der Waals surface area contributed by atoms with Gasteiger partial charge in [-0.1, -0.05) is 0 Å². The number of hydrogen-bond acceptors (Lipinski definition) is 20. The van der Waals surface area contributed by atoms with Crippen LogP contribution < -0.4 is 0 Å². The summed E-state index contributed by atoms with van der Waals surface area (Å²) in [5.41, 5.74) is -13.6. The number of aliphatic carboxylic acids is 16. The van der Waals surface area contributed by atoms with E-state index in [1.807, 2.05) is 0 Å². The molecule has 0 rings (SSSR count). The van der Waals surface area contributed by atoms with Crippen LogP contribution in [0.25, 0.3) is 0 Å². The third kappa shape index (κ3) is 45.6. The Balaban J connectivity index is -0.000000150. The first kappa shape index (κ1) is 99.6. The summed E-state index contributed by atoms with van der Waals surface area (Å²) >= 11 is 0. The van der Waals surface area contributed by atoms with Crippen LogP contribution >= 0.6 is 0 Å². The quantitative estimate of drug-likeness (QED) is 0.0458. The van der Waals surface area contributed by atoms with E-state index in [1.54, 1.807) is 0 Å². The monoisotopic (exact) mass is 1340 g/mol. The molecule has 536 valence electrons. The molecule has 0 aliphatic carbocycles. The van der Waals surface area contributed by atoms with Crippen molar-refractivity contribution in [3.8, 4) is 0 Å². The topological polar surface area (TPSA) is 678 Å². The fourth-order valence-electron chi connectivity index (χ4n) is 5.92. The first-order valence-corrected chi connectivity index (χ1v) is 26.7. The smallest absolute Gasteiger partial charge is 0.310 e. The first-order valence-electron chi connectivity index (χ1n) is 26.7. The maximum Gasteiger partial charge on any atom is 0.310 e. The molecular weight excluding hydrogens is 1250 g/mol. The van der Waals surface area contributed by atoms with Gasteiger partial charge in [0, 0.05) is 19.8 Å². The van der Waals surface area contributed by atoms with Crippen molar-refractivity contribution in [2.45, 2.75) is 187 Å². The van der Waals surface area contributed by atoms with Gasteiger partial charge in [0.1, 0.15) is 0 Å². The van der Waals surface area contributed by atoms with E-state index in [4.69, 9.17) is 81.7 Å². The molecule has 0 aromatic heterocycles. The molecule has 0 aromatic carbocycles. The molecule has 20 N–H and O–H groups in total. The Kier molecular flexibility index (Phi) is 45.9. The van der Waals surface area contributed by atoms with Gasteiger partial charge in [-0.15, -0.1) is 0 Å². The molecule has 1 atom stereocenters. The van der Waals surface area contributed by atoms with Crippen LogP contribution in [-0.2, 0) is 76.7 Å². The maximum absolute atomic E-state index is 11.8. The predicted molar refractivity (Wildman–Crippen MR) is 312 cm³/mol. The van der Waals surface area contributed by atoms with Crippen LogP contribution in [0.1, 0.15) is 181 Å². The lowest BCUT2D eigenvalue weighted by atomic mass is 9.58. The first-order chi connectivity index (χ1) is 40.5. The largest absolute Gasteiger partial charge is 0.481 e. The molecule has 36 nitrogen and oxygen atoms in total. The fourth-order valence-corrected chi connectivity index (χ4v) is 5.92. The molecule has 0 saturated carbocycles. The van der Waals surface area contributed by atoms with Gasteiger partial charge < -0.3 is 102 Å². The number of carboxylic acids is 16. The summed E-state index contributed by atoms with van der Waals surface area (Å²) < 4.78 is 0. The average molecular weight is 1350 g/mol. The normalized spacial score (nSPS) is 12.0. The van der Waals surface area contributed by atoms with E-state index in [9.17, 15) is 97.1 Å². The highest BCUT2D eigenvalue weighted by Crippen LogP contribution is 2.49. The molecule has 0 heterocycles. The Labute approximate surface area is 528 Å². The minimum absolute atomic E-state index is 0.205. The number of carbonyl (C=O) groups is 16. The number of aliphatic hydroxyl groups excluding tert-OH is 3. The summed E-state index contributed by atoms with van der Waals surface area (Å²) in [5, 5.41) is 173. The second kappa shape index (κ2) is 42.4. The van der Waals surface area contributed by atoms with Gasteiger partial charge in [0.2, 0.25) is 0 Å². The van der Waals surface area contributed by atoms with Crippen molar-refractivity contribution >= 4 is 95.5 Å². The van der Waals surface area contributed by atoms with E-state index in [0.29, 0.717) is 0 Å². The standard InChI is InChI=1S/C14H26O8.7C6H10O4/c1-12(2,10(18)19)14(5-8-17,11(20)21)9-13(22,3-6-15)4-7-16;7*1-6(2,5(9)10)3-4(7)8/h15-17,22H,3-9H2,1-2H3,(H,18,19)(H,20,21);7*3H2,1-2H3,(H,7,8)(H,9,10). The minimum atomic E-state index is -1.95. The van der Waals surface area contributed by atoms with Crippen LogP contribution in [0.15, 0.2) is 0 Å². The van der Waals surface area contributed by atoms with Crippen molar-refractivity contribution in [2.75, 3.05) is 19.8 Å². The number of aliphatic hydroxyl groups is 4. The zero-order valence-corrected chi connectivity index (χ0v) is 54.4. The molecule has 0 spiro atoms. The van der Waals surface area contributed by atoms with Crippen LogP contribution in [0.3, 0.4) is 0 Å². The summed E-state index contributed by atoms with van der Waals surface area (Å²) in [7, 11) is 0. The van der Waals surface area contributed by atoms with Crippen LogP contribution in [0.5, 0.6) is 0 Å². The van der Waals surface area contributed by atoms with Gasteiger partial charge in [0.05, 0.1) is 99.3 Å². The summed E-state index contributed by atoms with van der Waals surface area (Å²) in [6, 6.07) is 0. The molecule has 0 fully saturated rings. The number of carboxylic acid groups (broad SMARTS) is 16. The Bertz CT molecular complexity index is 2130. The Morgan fingerprint density at radius 1 is 0.228 bits per heavy atom. The van der Waals surface area contributed by atoms with Crippen molar-refractivity contribution in [3.05, 3.63) is 0 Å². The van der Waals surface area contributed by atoms with E-state index >= 15 is 0 Å². The molecule has 92 heavy (non-hydrogen) atoms. The summed E-state index contributed by atoms with van der Waals surface area (Å²) in [6.07, 6.45) is -3.70. The zero-order chi connectivity index (χ0) is 76.1. The van der Waals surface area contributed by atoms with E-state index < -0.39 is 176 Å². The van der Waals surface area contributed by atoms with Gasteiger partial charge in [-0.25, -0.2) is 0 Å². The molecule has 0 aliphatic rings. The molecular formula is C56H96O36. The molecule has 0 amide bonds. The van der Waals surface area contributed by atoms with Crippen LogP contribution in [0.2, 0.25) is 0 Å². The van der Waals surface area contributed by atoms with Crippen molar-refractivity contribution in [2.24, 2.45) is 48.7 Å². The molecule has 36 heteroatoms. The third-order valence-electron chi connectivity index (χ3n) is 12.7. The Hall–Kier alpha value is -8.64. The zero-order valence-electron chi connectivity index (χ0n) is 54.4. The predicted octanol–water partition coefficient (Wildman–Crippen LogP) is 3.44. The molecule has 0 aromatic rings. The molecule has 1 unspecified atom stereocenters. The number of hydrogen-bond donors (Lipinski definition) is 20. The molecule has 0 bridgehead atoms. The third-order valence-corrected chi connectivity index (χ3v) is 12.7. The van der Waals surface area contributed by atoms with E-state index in [0.717, 1.165) is 0 Å². The van der Waals surface area contributed by atoms with Crippen molar-refractivity contribution in [1.82, 2.24) is 0 Å². The average Bonchev–Trinajstić information content (AvgIpc) is 0.758. The highest BCUT2D eigenvalue weighted by atomic mass is 16.4. The van der Waals surface area contributed by atoms with Crippen molar-refractivity contribution < 1.29 is 179 Å². The van der Waals surface area contributed by atoms with Gasteiger partial charge in [-0.3, -0.25) is 76.7 Å². The van der Waals surface area contributed by atoms with Gasteiger partial charge in [0.25, 0.3) is 0 Å². The van der Waals surface area contributed by atoms with Crippen LogP contribution in [0.4, 0.5) is 0 Å². The lowest BCUT2D eigenvalue weighted by Crippen LogP contribution is -2.54. The summed E-state index contributed by atoms with van der Waals surface area (Å²) in [4.78, 5) is 166. The van der Waals surface area contributed by atoms with Gasteiger partial charge in [0.15, 0.2) is 0 Å². The number of rotatable bonds is 32.